The molecule has 0 aliphatic carbocycles. The average Bonchev–Trinajstić information content (AvgIpc) is 3.16. The van der Waals surface area contributed by atoms with Crippen LogP contribution >= 0.6 is 0 Å². The number of halogens is 1. The summed E-state index contributed by atoms with van der Waals surface area (Å²) in [6, 6.07) is 8.44. The molecule has 4 rings (SSSR count). The first-order chi connectivity index (χ1) is 12.6. The van der Waals surface area contributed by atoms with Crippen molar-refractivity contribution in [1.29, 1.82) is 0 Å². The van der Waals surface area contributed by atoms with Gasteiger partial charge in [0.05, 0.1) is 18.4 Å². The summed E-state index contributed by atoms with van der Waals surface area (Å²) in [7, 11) is 0. The van der Waals surface area contributed by atoms with Crippen molar-refractivity contribution >= 4 is 5.91 Å². The van der Waals surface area contributed by atoms with Crippen LogP contribution in [0.2, 0.25) is 0 Å². The minimum atomic E-state index is -0.248. The van der Waals surface area contributed by atoms with Gasteiger partial charge in [0.25, 0.3) is 5.91 Å². The molecule has 1 aromatic heterocycles. The summed E-state index contributed by atoms with van der Waals surface area (Å²) < 4.78 is 24.7. The fraction of sp³-hybridized carbons (Fsp3) is 0.474. The Morgan fingerprint density at radius 3 is 2.88 bits per heavy atom. The topological polar surface area (TPSA) is 67.6 Å². The molecule has 138 valence electrons. The first-order valence-electron chi connectivity index (χ1n) is 8.92. The van der Waals surface area contributed by atoms with Crippen molar-refractivity contribution in [3.05, 3.63) is 53.7 Å². The van der Waals surface area contributed by atoms with Gasteiger partial charge in [-0.25, -0.2) is 4.39 Å². The number of benzene rings is 1. The van der Waals surface area contributed by atoms with Crippen LogP contribution in [0, 0.1) is 11.7 Å². The van der Waals surface area contributed by atoms with Gasteiger partial charge in [0.2, 0.25) is 5.76 Å². The normalized spacial score (nSPS) is 22.1. The summed E-state index contributed by atoms with van der Waals surface area (Å²) in [6.45, 7) is 3.48. The van der Waals surface area contributed by atoms with Crippen LogP contribution in [-0.4, -0.2) is 47.8 Å². The summed E-state index contributed by atoms with van der Waals surface area (Å²) in [5, 5.41) is 6.39. The van der Waals surface area contributed by atoms with E-state index in [1.165, 1.54) is 12.3 Å². The molecule has 0 bridgehead atoms. The van der Waals surface area contributed by atoms with E-state index in [1.807, 2.05) is 12.1 Å². The van der Waals surface area contributed by atoms with Crippen LogP contribution in [0.25, 0.3) is 0 Å². The number of carbonyl (C=O) groups is 1. The van der Waals surface area contributed by atoms with Gasteiger partial charge in [-0.3, -0.25) is 9.69 Å². The number of hydrogen-bond donors (Lipinski definition) is 1. The molecule has 2 fully saturated rings. The van der Waals surface area contributed by atoms with E-state index >= 15 is 0 Å². The number of likely N-dealkylation sites (tertiary alicyclic amines) is 1. The predicted molar refractivity (Wildman–Crippen MR) is 91.9 cm³/mol. The summed E-state index contributed by atoms with van der Waals surface area (Å²) in [5.41, 5.74) is 0.627. The van der Waals surface area contributed by atoms with Gasteiger partial charge >= 0.3 is 0 Å². The SMILES string of the molecule is O=C(NC[C@@H]1CCC2(CN(Cc3ccccc3F)C2)OC1)c1ccno1. The zero-order valence-electron chi connectivity index (χ0n) is 14.5. The maximum Gasteiger partial charge on any atom is 0.289 e. The van der Waals surface area contributed by atoms with Gasteiger partial charge in [0.15, 0.2) is 0 Å². The van der Waals surface area contributed by atoms with Crippen LogP contribution in [0.5, 0.6) is 0 Å². The largest absolute Gasteiger partial charge is 0.372 e. The maximum atomic E-state index is 13.7. The Labute approximate surface area is 151 Å². The van der Waals surface area contributed by atoms with E-state index in [0.29, 0.717) is 25.6 Å². The Kier molecular flexibility index (Phi) is 4.74. The molecule has 2 saturated heterocycles. The molecule has 6 nitrogen and oxygen atoms in total. The highest BCUT2D eigenvalue weighted by molar-refractivity contribution is 5.91. The lowest BCUT2D eigenvalue weighted by atomic mass is 9.82. The number of rotatable bonds is 5. The van der Waals surface area contributed by atoms with E-state index in [-0.39, 0.29) is 23.1 Å². The Morgan fingerprint density at radius 2 is 2.19 bits per heavy atom. The molecule has 2 aromatic rings. The Hall–Kier alpha value is -2.25. The number of nitrogens with one attached hydrogen (secondary N) is 1. The Balaban J connectivity index is 1.20. The second-order valence-corrected chi connectivity index (χ2v) is 7.22. The second kappa shape index (κ2) is 7.17. The molecular formula is C19H22FN3O3. The lowest BCUT2D eigenvalue weighted by Gasteiger charge is -2.53. The monoisotopic (exact) mass is 359 g/mol. The van der Waals surface area contributed by atoms with Crippen LogP contribution in [0.1, 0.15) is 29.0 Å². The molecule has 0 saturated carbocycles. The van der Waals surface area contributed by atoms with Crippen molar-refractivity contribution in [3.8, 4) is 0 Å². The third-order valence-corrected chi connectivity index (χ3v) is 5.22. The van der Waals surface area contributed by atoms with Gasteiger partial charge in [-0.2, -0.15) is 0 Å². The zero-order chi connectivity index (χ0) is 18.0. The highest BCUT2D eigenvalue weighted by Gasteiger charge is 2.46. The molecular weight excluding hydrogens is 337 g/mol. The number of carbonyl (C=O) groups excluding carboxylic acids is 1. The molecule has 26 heavy (non-hydrogen) atoms. The Morgan fingerprint density at radius 1 is 1.35 bits per heavy atom. The zero-order valence-corrected chi connectivity index (χ0v) is 14.5. The van der Waals surface area contributed by atoms with Crippen molar-refractivity contribution in [2.24, 2.45) is 5.92 Å². The van der Waals surface area contributed by atoms with Crippen LogP contribution in [0.3, 0.4) is 0 Å². The molecule has 2 aliphatic rings. The highest BCUT2D eigenvalue weighted by Crippen LogP contribution is 2.36. The lowest BCUT2D eigenvalue weighted by molar-refractivity contribution is -0.181. The molecule has 1 N–H and O–H groups in total. The summed E-state index contributed by atoms with van der Waals surface area (Å²) in [4.78, 5) is 14.1. The first-order valence-corrected chi connectivity index (χ1v) is 8.92. The van der Waals surface area contributed by atoms with Crippen molar-refractivity contribution < 1.29 is 18.4 Å². The average molecular weight is 359 g/mol. The van der Waals surface area contributed by atoms with Crippen molar-refractivity contribution in [2.75, 3.05) is 26.2 Å². The quantitative estimate of drug-likeness (QED) is 0.887. The van der Waals surface area contributed by atoms with E-state index in [9.17, 15) is 9.18 Å². The van der Waals surface area contributed by atoms with Crippen LogP contribution in [0.4, 0.5) is 4.39 Å². The maximum absolute atomic E-state index is 13.7. The number of hydrogen-bond acceptors (Lipinski definition) is 5. The molecule has 7 heteroatoms. The fourth-order valence-electron chi connectivity index (χ4n) is 3.73. The molecule has 1 atom stereocenters. The van der Waals surface area contributed by atoms with Crippen molar-refractivity contribution in [2.45, 2.75) is 25.0 Å². The molecule has 2 aliphatic heterocycles. The van der Waals surface area contributed by atoms with Gasteiger partial charge in [-0.05, 0) is 24.8 Å². The van der Waals surface area contributed by atoms with Gasteiger partial charge in [-0.15, -0.1) is 0 Å². The number of amides is 1. The Bertz CT molecular complexity index is 749. The lowest BCUT2D eigenvalue weighted by Crippen LogP contribution is -2.64. The van der Waals surface area contributed by atoms with Gasteiger partial charge in [0.1, 0.15) is 5.82 Å². The third-order valence-electron chi connectivity index (χ3n) is 5.22. The van der Waals surface area contributed by atoms with Crippen LogP contribution in [-0.2, 0) is 11.3 Å². The summed E-state index contributed by atoms with van der Waals surface area (Å²) in [6.07, 6.45) is 3.42. The molecule has 3 heterocycles. The predicted octanol–water partition coefficient (Wildman–Crippen LogP) is 2.22. The van der Waals surface area contributed by atoms with Gasteiger partial charge < -0.3 is 14.6 Å². The van der Waals surface area contributed by atoms with Crippen molar-refractivity contribution in [1.82, 2.24) is 15.4 Å². The summed E-state index contributed by atoms with van der Waals surface area (Å²) >= 11 is 0. The van der Waals surface area contributed by atoms with Gasteiger partial charge in [0, 0.05) is 37.8 Å². The van der Waals surface area contributed by atoms with E-state index in [0.717, 1.165) is 31.5 Å². The van der Waals surface area contributed by atoms with E-state index in [1.54, 1.807) is 12.1 Å². The molecule has 1 aromatic carbocycles. The van der Waals surface area contributed by atoms with E-state index in [4.69, 9.17) is 9.26 Å². The third kappa shape index (κ3) is 3.64. The minimum absolute atomic E-state index is 0.100. The number of aromatic nitrogens is 1. The first kappa shape index (κ1) is 17.2. The molecule has 0 radical (unpaired) electrons. The number of nitrogens with zero attached hydrogens (tertiary/aromatic N) is 2. The van der Waals surface area contributed by atoms with E-state index in [2.05, 4.69) is 15.4 Å². The fourth-order valence-corrected chi connectivity index (χ4v) is 3.73. The smallest absolute Gasteiger partial charge is 0.289 e. The van der Waals surface area contributed by atoms with Crippen LogP contribution < -0.4 is 5.32 Å². The molecule has 1 amide bonds. The van der Waals surface area contributed by atoms with Crippen molar-refractivity contribution in [3.63, 3.8) is 0 Å². The second-order valence-electron chi connectivity index (χ2n) is 7.22. The van der Waals surface area contributed by atoms with Gasteiger partial charge in [-0.1, -0.05) is 23.4 Å². The molecule has 1 spiro atoms. The van der Waals surface area contributed by atoms with Crippen LogP contribution in [0.15, 0.2) is 41.1 Å². The highest BCUT2D eigenvalue weighted by atomic mass is 19.1. The number of ether oxygens (including phenoxy) is 1. The minimum Gasteiger partial charge on any atom is -0.372 e. The standard InChI is InChI=1S/C19H22FN3O3/c20-16-4-2-1-3-15(16)10-23-12-19(13-23)7-5-14(11-25-19)9-21-18(24)17-6-8-22-26-17/h1-4,6,8,14H,5,7,9-13H2,(H,21,24)/t14-/m0/s1. The van der Waals surface area contributed by atoms with E-state index < -0.39 is 0 Å². The molecule has 0 unspecified atom stereocenters. The summed E-state index contributed by atoms with van der Waals surface area (Å²) in [5.74, 6) is 0.122.